The number of anilines is 1. The van der Waals surface area contributed by atoms with E-state index in [1.165, 1.54) is 12.1 Å². The highest BCUT2D eigenvalue weighted by Gasteiger charge is 2.28. The normalized spacial score (nSPS) is 15.5. The molecule has 0 saturated carbocycles. The van der Waals surface area contributed by atoms with Crippen molar-refractivity contribution in [2.45, 2.75) is 30.3 Å². The standard InChI is InChI=1S/C25H24ClN3O3S/c26-21-7-12-25-20(15-21)16-22(18-29(25)17-19-5-2-1-3-6-19)28-33(30,31)24-10-8-23(9-11-24)32-14-4-13-27/h1-3,5-12,15,22,28H,4,14,16-18H2. The van der Waals surface area contributed by atoms with Crippen LogP contribution in [0.3, 0.4) is 0 Å². The number of ether oxygens (including phenoxy) is 1. The van der Waals surface area contributed by atoms with Gasteiger partial charge in [-0.15, -0.1) is 0 Å². The molecule has 4 rings (SSSR count). The first-order valence-corrected chi connectivity index (χ1v) is 12.5. The molecular formula is C25H24ClN3O3S. The molecule has 0 bridgehead atoms. The Bertz CT molecular complexity index is 1240. The van der Waals surface area contributed by atoms with E-state index < -0.39 is 10.0 Å². The summed E-state index contributed by atoms with van der Waals surface area (Å²) >= 11 is 6.23. The lowest BCUT2D eigenvalue weighted by molar-refractivity contribution is 0.326. The molecule has 33 heavy (non-hydrogen) atoms. The summed E-state index contributed by atoms with van der Waals surface area (Å²) in [6.07, 6.45) is 0.823. The quantitative estimate of drug-likeness (QED) is 0.477. The maximum absolute atomic E-state index is 13.1. The molecule has 3 aromatic carbocycles. The number of nitriles is 1. The minimum absolute atomic E-state index is 0.168. The molecule has 1 aliphatic rings. The molecule has 1 unspecified atom stereocenters. The Kier molecular flexibility index (Phi) is 7.19. The second-order valence-electron chi connectivity index (χ2n) is 7.89. The Morgan fingerprint density at radius 1 is 1.09 bits per heavy atom. The number of sulfonamides is 1. The van der Waals surface area contributed by atoms with Gasteiger partial charge in [0.2, 0.25) is 10.0 Å². The Balaban J connectivity index is 1.52. The van der Waals surface area contributed by atoms with Gasteiger partial charge in [-0.1, -0.05) is 41.9 Å². The first kappa shape index (κ1) is 23.1. The van der Waals surface area contributed by atoms with Crippen molar-refractivity contribution >= 4 is 27.3 Å². The highest BCUT2D eigenvalue weighted by molar-refractivity contribution is 7.89. The average Bonchev–Trinajstić information content (AvgIpc) is 2.80. The van der Waals surface area contributed by atoms with Crippen LogP contribution in [0.4, 0.5) is 5.69 Å². The topological polar surface area (TPSA) is 82.4 Å². The Labute approximate surface area is 199 Å². The van der Waals surface area contributed by atoms with E-state index in [1.807, 2.05) is 42.5 Å². The van der Waals surface area contributed by atoms with E-state index in [4.69, 9.17) is 21.6 Å². The summed E-state index contributed by atoms with van der Waals surface area (Å²) in [5.41, 5.74) is 3.23. The summed E-state index contributed by atoms with van der Waals surface area (Å²) in [7, 11) is -3.73. The molecule has 1 N–H and O–H groups in total. The SMILES string of the molecule is N#CCCOc1ccc(S(=O)(=O)NC2Cc3cc(Cl)ccc3N(Cc3ccccc3)C2)cc1. The molecule has 0 aromatic heterocycles. The molecule has 0 aliphatic carbocycles. The molecular weight excluding hydrogens is 458 g/mol. The number of hydrogen-bond acceptors (Lipinski definition) is 5. The largest absolute Gasteiger partial charge is 0.493 e. The van der Waals surface area contributed by atoms with Gasteiger partial charge >= 0.3 is 0 Å². The number of rotatable bonds is 8. The Hall–Kier alpha value is -3.05. The van der Waals surface area contributed by atoms with Crippen LogP contribution in [0.5, 0.6) is 5.75 Å². The number of hydrogen-bond donors (Lipinski definition) is 1. The van der Waals surface area contributed by atoms with Crippen molar-refractivity contribution in [2.24, 2.45) is 0 Å². The first-order valence-electron chi connectivity index (χ1n) is 10.6. The zero-order valence-corrected chi connectivity index (χ0v) is 19.5. The summed E-state index contributed by atoms with van der Waals surface area (Å²) in [5, 5.41) is 9.23. The molecule has 0 amide bonds. The molecule has 6 nitrogen and oxygen atoms in total. The summed E-state index contributed by atoms with van der Waals surface area (Å²) in [4.78, 5) is 2.35. The number of fused-ring (bicyclic) bond motifs is 1. The third-order valence-corrected chi connectivity index (χ3v) is 7.22. The van der Waals surface area contributed by atoms with Crippen LogP contribution in [0.15, 0.2) is 77.7 Å². The summed E-state index contributed by atoms with van der Waals surface area (Å²) in [6.45, 7) is 1.47. The summed E-state index contributed by atoms with van der Waals surface area (Å²) in [6, 6.07) is 23.8. The maximum Gasteiger partial charge on any atom is 0.240 e. The van der Waals surface area contributed by atoms with Crippen LogP contribution in [0.1, 0.15) is 17.5 Å². The van der Waals surface area contributed by atoms with E-state index in [1.54, 1.807) is 12.1 Å². The monoisotopic (exact) mass is 481 g/mol. The van der Waals surface area contributed by atoms with Crippen molar-refractivity contribution < 1.29 is 13.2 Å². The van der Waals surface area contributed by atoms with Crippen molar-refractivity contribution in [3.63, 3.8) is 0 Å². The van der Waals surface area contributed by atoms with Crippen LogP contribution in [0.25, 0.3) is 0 Å². The van der Waals surface area contributed by atoms with E-state index in [-0.39, 0.29) is 24.0 Å². The van der Waals surface area contributed by atoms with Gasteiger partial charge in [0.05, 0.1) is 17.4 Å². The summed E-state index contributed by atoms with van der Waals surface area (Å²) in [5.74, 6) is 0.527. The van der Waals surface area contributed by atoms with Gasteiger partial charge in [-0.25, -0.2) is 13.1 Å². The van der Waals surface area contributed by atoms with Gasteiger partial charge in [-0.3, -0.25) is 0 Å². The van der Waals surface area contributed by atoms with Gasteiger partial charge < -0.3 is 9.64 Å². The molecule has 0 radical (unpaired) electrons. The van der Waals surface area contributed by atoms with Crippen LogP contribution in [0.2, 0.25) is 5.02 Å². The second kappa shape index (κ2) is 10.3. The fourth-order valence-corrected chi connectivity index (χ4v) is 5.39. The van der Waals surface area contributed by atoms with E-state index in [0.29, 0.717) is 30.3 Å². The molecule has 1 aliphatic heterocycles. The minimum atomic E-state index is -3.73. The van der Waals surface area contributed by atoms with E-state index in [9.17, 15) is 8.42 Å². The Morgan fingerprint density at radius 2 is 1.85 bits per heavy atom. The third-order valence-electron chi connectivity index (χ3n) is 5.44. The maximum atomic E-state index is 13.1. The third kappa shape index (κ3) is 5.85. The molecule has 1 heterocycles. The van der Waals surface area contributed by atoms with E-state index in [0.717, 1.165) is 16.8 Å². The fraction of sp³-hybridized carbons (Fsp3) is 0.240. The predicted molar refractivity (Wildman–Crippen MR) is 129 cm³/mol. The lowest BCUT2D eigenvalue weighted by atomic mass is 9.98. The molecule has 0 fully saturated rings. The van der Waals surface area contributed by atoms with Crippen molar-refractivity contribution in [3.8, 4) is 11.8 Å². The molecule has 3 aromatic rings. The molecule has 170 valence electrons. The lowest BCUT2D eigenvalue weighted by Gasteiger charge is -2.36. The lowest BCUT2D eigenvalue weighted by Crippen LogP contribution is -2.48. The van der Waals surface area contributed by atoms with Crippen LogP contribution >= 0.6 is 11.6 Å². The van der Waals surface area contributed by atoms with Crippen molar-refractivity contribution in [1.29, 1.82) is 5.26 Å². The van der Waals surface area contributed by atoms with E-state index >= 15 is 0 Å². The number of nitrogens with one attached hydrogen (secondary N) is 1. The van der Waals surface area contributed by atoms with Gasteiger partial charge in [0, 0.05) is 29.8 Å². The van der Waals surface area contributed by atoms with Gasteiger partial charge in [0.25, 0.3) is 0 Å². The van der Waals surface area contributed by atoms with Crippen LogP contribution in [0, 0.1) is 11.3 Å². The highest BCUT2D eigenvalue weighted by Crippen LogP contribution is 2.31. The number of nitrogens with zero attached hydrogens (tertiary/aromatic N) is 2. The second-order valence-corrected chi connectivity index (χ2v) is 10.0. The minimum Gasteiger partial charge on any atom is -0.493 e. The number of halogens is 1. The average molecular weight is 482 g/mol. The van der Waals surface area contributed by atoms with Gasteiger partial charge in [0.1, 0.15) is 12.4 Å². The Morgan fingerprint density at radius 3 is 2.58 bits per heavy atom. The highest BCUT2D eigenvalue weighted by atomic mass is 35.5. The van der Waals surface area contributed by atoms with Crippen molar-refractivity contribution in [2.75, 3.05) is 18.1 Å². The summed E-state index contributed by atoms with van der Waals surface area (Å²) < 4.78 is 34.4. The number of benzene rings is 3. The molecule has 0 saturated heterocycles. The van der Waals surface area contributed by atoms with Crippen LogP contribution < -0.4 is 14.4 Å². The fourth-order valence-electron chi connectivity index (χ4n) is 3.97. The van der Waals surface area contributed by atoms with Crippen LogP contribution in [-0.2, 0) is 23.0 Å². The first-order chi connectivity index (χ1) is 15.9. The predicted octanol–water partition coefficient (Wildman–Crippen LogP) is 4.54. The van der Waals surface area contributed by atoms with Crippen LogP contribution in [-0.4, -0.2) is 27.6 Å². The van der Waals surface area contributed by atoms with Gasteiger partial charge in [-0.2, -0.15) is 5.26 Å². The zero-order valence-electron chi connectivity index (χ0n) is 17.9. The van der Waals surface area contributed by atoms with E-state index in [2.05, 4.69) is 21.8 Å². The van der Waals surface area contributed by atoms with Gasteiger partial charge in [-0.05, 0) is 60.0 Å². The zero-order chi connectivity index (χ0) is 23.3. The molecule has 0 spiro atoms. The molecule has 1 atom stereocenters. The smallest absolute Gasteiger partial charge is 0.240 e. The van der Waals surface area contributed by atoms with Gasteiger partial charge in [0.15, 0.2) is 0 Å². The van der Waals surface area contributed by atoms with Crippen molar-refractivity contribution in [1.82, 2.24) is 4.72 Å². The molecule has 8 heteroatoms. The van der Waals surface area contributed by atoms with Crippen molar-refractivity contribution in [3.05, 3.63) is 88.9 Å².